The SMILES string of the molecule is COc1ncc(-c2ccc3nc(NCCN4CCOCC4)c(=O)n(Cc4cc(F)cc(F)c4)c3n2)c(OC)n1. The molecule has 0 radical (unpaired) electrons. The van der Waals surface area contributed by atoms with Crippen molar-refractivity contribution in [1.82, 2.24) is 29.4 Å². The van der Waals surface area contributed by atoms with Gasteiger partial charge in [0.15, 0.2) is 11.5 Å². The Hall–Kier alpha value is -4.23. The Bertz CT molecular complexity index is 1520. The van der Waals surface area contributed by atoms with Crippen LogP contribution in [-0.4, -0.2) is 83.0 Å². The fourth-order valence-electron chi connectivity index (χ4n) is 4.35. The van der Waals surface area contributed by atoms with Gasteiger partial charge in [-0.05, 0) is 29.8 Å². The van der Waals surface area contributed by atoms with E-state index in [2.05, 4.69) is 30.2 Å². The number of hydrogen-bond donors (Lipinski definition) is 1. The average molecular weight is 540 g/mol. The van der Waals surface area contributed by atoms with Crippen molar-refractivity contribution >= 4 is 17.0 Å². The number of halogens is 2. The van der Waals surface area contributed by atoms with Gasteiger partial charge in [0.2, 0.25) is 5.88 Å². The maximum absolute atomic E-state index is 14.0. The van der Waals surface area contributed by atoms with Crippen LogP contribution in [0.25, 0.3) is 22.4 Å². The molecule has 0 unspecified atom stereocenters. The van der Waals surface area contributed by atoms with Crippen molar-refractivity contribution in [1.29, 1.82) is 0 Å². The highest BCUT2D eigenvalue weighted by atomic mass is 19.1. The zero-order chi connectivity index (χ0) is 27.4. The Morgan fingerprint density at radius 1 is 1.03 bits per heavy atom. The standard InChI is InChI=1S/C26H27F2N7O4/c1-37-24-19(14-30-26(33-24)38-2)20-3-4-21-23(32-20)35(15-16-11-17(27)13-18(28)12-16)25(36)22(31-21)29-5-6-34-7-9-39-10-8-34/h3-4,11-14H,5-10,15H2,1-2H3,(H,29,31). The Balaban J connectivity index is 1.56. The molecule has 0 saturated carbocycles. The van der Waals surface area contributed by atoms with Crippen LogP contribution in [0.1, 0.15) is 5.56 Å². The first kappa shape index (κ1) is 26.4. The zero-order valence-corrected chi connectivity index (χ0v) is 21.5. The molecule has 0 aliphatic carbocycles. The van der Waals surface area contributed by atoms with E-state index in [1.54, 1.807) is 12.1 Å². The number of rotatable bonds is 9. The number of nitrogens with zero attached hydrogens (tertiary/aromatic N) is 6. The molecule has 4 heterocycles. The molecule has 1 aliphatic rings. The van der Waals surface area contributed by atoms with Crippen molar-refractivity contribution in [2.24, 2.45) is 0 Å². The summed E-state index contributed by atoms with van der Waals surface area (Å²) in [4.78, 5) is 33.3. The molecular weight excluding hydrogens is 512 g/mol. The molecule has 5 rings (SSSR count). The summed E-state index contributed by atoms with van der Waals surface area (Å²) in [7, 11) is 2.89. The minimum atomic E-state index is -0.742. The summed E-state index contributed by atoms with van der Waals surface area (Å²) in [5.74, 6) is -1.14. The number of ether oxygens (including phenoxy) is 3. The van der Waals surface area contributed by atoms with Gasteiger partial charge < -0.3 is 19.5 Å². The second kappa shape index (κ2) is 11.7. The Morgan fingerprint density at radius 2 is 1.79 bits per heavy atom. The van der Waals surface area contributed by atoms with Crippen LogP contribution in [0.2, 0.25) is 0 Å². The lowest BCUT2D eigenvalue weighted by atomic mass is 10.2. The molecule has 39 heavy (non-hydrogen) atoms. The number of pyridine rings is 1. The quantitative estimate of drug-likeness (QED) is 0.340. The number of morpholine rings is 1. The first-order valence-electron chi connectivity index (χ1n) is 12.3. The van der Waals surface area contributed by atoms with Gasteiger partial charge in [-0.3, -0.25) is 14.3 Å². The van der Waals surface area contributed by atoms with Gasteiger partial charge in [-0.1, -0.05) is 0 Å². The van der Waals surface area contributed by atoms with E-state index >= 15 is 0 Å². The monoisotopic (exact) mass is 539 g/mol. The van der Waals surface area contributed by atoms with Crippen molar-refractivity contribution < 1.29 is 23.0 Å². The average Bonchev–Trinajstić information content (AvgIpc) is 2.94. The van der Waals surface area contributed by atoms with Gasteiger partial charge in [0.1, 0.15) is 17.2 Å². The Morgan fingerprint density at radius 3 is 2.51 bits per heavy atom. The molecule has 1 saturated heterocycles. The first-order chi connectivity index (χ1) is 18.9. The molecule has 0 amide bonds. The van der Waals surface area contributed by atoms with Crippen LogP contribution in [0.15, 0.2) is 41.3 Å². The maximum atomic E-state index is 14.0. The molecule has 1 fully saturated rings. The number of nitrogens with one attached hydrogen (secondary N) is 1. The van der Waals surface area contributed by atoms with Crippen molar-refractivity contribution in [3.8, 4) is 23.1 Å². The van der Waals surface area contributed by atoms with Crippen LogP contribution in [0.3, 0.4) is 0 Å². The van der Waals surface area contributed by atoms with Crippen molar-refractivity contribution in [2.75, 3.05) is 58.9 Å². The number of methoxy groups -OCH3 is 2. The molecule has 0 spiro atoms. The van der Waals surface area contributed by atoms with E-state index in [9.17, 15) is 13.6 Å². The Labute approximate surface area is 222 Å². The van der Waals surface area contributed by atoms with Crippen LogP contribution in [-0.2, 0) is 11.3 Å². The van der Waals surface area contributed by atoms with Crippen molar-refractivity contribution in [3.63, 3.8) is 0 Å². The Kier molecular flexibility index (Phi) is 7.89. The van der Waals surface area contributed by atoms with E-state index in [0.29, 0.717) is 43.1 Å². The molecule has 13 heteroatoms. The molecular formula is C26H27F2N7O4. The lowest BCUT2D eigenvalue weighted by molar-refractivity contribution is 0.0398. The topological polar surface area (TPSA) is 117 Å². The van der Waals surface area contributed by atoms with Crippen LogP contribution in [0, 0.1) is 11.6 Å². The summed E-state index contributed by atoms with van der Waals surface area (Å²) < 4.78 is 45.1. The number of anilines is 1. The smallest absolute Gasteiger partial charge is 0.319 e. The van der Waals surface area contributed by atoms with E-state index in [0.717, 1.165) is 19.2 Å². The lowest BCUT2D eigenvalue weighted by Crippen LogP contribution is -2.39. The van der Waals surface area contributed by atoms with Crippen LogP contribution >= 0.6 is 0 Å². The summed E-state index contributed by atoms with van der Waals surface area (Å²) >= 11 is 0. The van der Waals surface area contributed by atoms with Gasteiger partial charge in [-0.15, -0.1) is 0 Å². The second-order valence-electron chi connectivity index (χ2n) is 8.83. The van der Waals surface area contributed by atoms with Crippen LogP contribution < -0.4 is 20.3 Å². The van der Waals surface area contributed by atoms with E-state index < -0.39 is 17.2 Å². The van der Waals surface area contributed by atoms with E-state index in [-0.39, 0.29) is 35.5 Å². The summed E-state index contributed by atoms with van der Waals surface area (Å²) in [6.45, 7) is 4.02. The maximum Gasteiger partial charge on any atom is 0.319 e. The van der Waals surface area contributed by atoms with Crippen molar-refractivity contribution in [3.05, 3.63) is 64.1 Å². The van der Waals surface area contributed by atoms with Crippen LogP contribution in [0.5, 0.6) is 11.9 Å². The highest BCUT2D eigenvalue weighted by molar-refractivity contribution is 5.77. The molecule has 0 atom stereocenters. The molecule has 204 valence electrons. The van der Waals surface area contributed by atoms with Gasteiger partial charge in [-0.2, -0.15) is 4.98 Å². The minimum Gasteiger partial charge on any atom is -0.480 e. The highest BCUT2D eigenvalue weighted by Gasteiger charge is 2.18. The molecule has 1 N–H and O–H groups in total. The summed E-state index contributed by atoms with van der Waals surface area (Å²) in [6, 6.07) is 6.67. The second-order valence-corrected chi connectivity index (χ2v) is 8.83. The fourth-order valence-corrected chi connectivity index (χ4v) is 4.35. The normalized spacial score (nSPS) is 13.9. The van der Waals surface area contributed by atoms with Gasteiger partial charge >= 0.3 is 6.01 Å². The van der Waals surface area contributed by atoms with Gasteiger partial charge in [0.05, 0.1) is 45.2 Å². The first-order valence-corrected chi connectivity index (χ1v) is 12.3. The molecule has 3 aromatic heterocycles. The van der Waals surface area contributed by atoms with E-state index in [4.69, 9.17) is 14.2 Å². The third-order valence-corrected chi connectivity index (χ3v) is 6.26. The molecule has 4 aromatic rings. The van der Waals surface area contributed by atoms with Crippen LogP contribution in [0.4, 0.5) is 14.6 Å². The third kappa shape index (κ3) is 5.94. The molecule has 0 bridgehead atoms. The molecule has 1 aromatic carbocycles. The minimum absolute atomic E-state index is 0.118. The summed E-state index contributed by atoms with van der Waals surface area (Å²) in [5.41, 5.74) is 1.30. The number of benzene rings is 1. The van der Waals surface area contributed by atoms with E-state index in [1.807, 2.05) is 0 Å². The number of hydrogen-bond acceptors (Lipinski definition) is 10. The predicted octanol–water partition coefficient (Wildman–Crippen LogP) is 2.34. The van der Waals surface area contributed by atoms with Gasteiger partial charge in [0, 0.05) is 38.4 Å². The van der Waals surface area contributed by atoms with Gasteiger partial charge in [0.25, 0.3) is 5.56 Å². The fraction of sp³-hybridized carbons (Fsp3) is 0.346. The predicted molar refractivity (Wildman–Crippen MR) is 139 cm³/mol. The van der Waals surface area contributed by atoms with E-state index in [1.165, 1.54) is 37.1 Å². The zero-order valence-electron chi connectivity index (χ0n) is 21.5. The number of fused-ring (bicyclic) bond motifs is 1. The lowest BCUT2D eigenvalue weighted by Gasteiger charge is -2.26. The largest absolute Gasteiger partial charge is 0.480 e. The third-order valence-electron chi connectivity index (χ3n) is 6.26. The molecule has 1 aliphatic heterocycles. The summed E-state index contributed by atoms with van der Waals surface area (Å²) in [5, 5.41) is 3.12. The number of aromatic nitrogens is 5. The van der Waals surface area contributed by atoms with Crippen molar-refractivity contribution in [2.45, 2.75) is 6.54 Å². The highest BCUT2D eigenvalue weighted by Crippen LogP contribution is 2.28. The summed E-state index contributed by atoms with van der Waals surface area (Å²) in [6.07, 6.45) is 1.50. The van der Waals surface area contributed by atoms with Gasteiger partial charge in [-0.25, -0.2) is 23.7 Å². The molecule has 11 nitrogen and oxygen atoms in total.